The number of hydrogen-bond donors (Lipinski definition) is 2. The molecule has 0 bridgehead atoms. The predicted molar refractivity (Wildman–Crippen MR) is 120 cm³/mol. The van der Waals surface area contributed by atoms with Gasteiger partial charge in [0.15, 0.2) is 5.69 Å². The van der Waals surface area contributed by atoms with Crippen LogP contribution >= 0.6 is 11.6 Å². The van der Waals surface area contributed by atoms with E-state index in [-0.39, 0.29) is 17.5 Å². The number of halogens is 1. The Kier molecular flexibility index (Phi) is 5.80. The van der Waals surface area contributed by atoms with Crippen LogP contribution in [0.15, 0.2) is 48.5 Å². The van der Waals surface area contributed by atoms with Gasteiger partial charge in [-0.05, 0) is 55.7 Å². The molecule has 32 heavy (non-hydrogen) atoms. The molecule has 0 saturated carbocycles. The molecular weight excluding hydrogens is 430 g/mol. The van der Waals surface area contributed by atoms with Crippen molar-refractivity contribution in [1.82, 2.24) is 20.3 Å². The lowest BCUT2D eigenvalue weighted by Gasteiger charge is -2.35. The summed E-state index contributed by atoms with van der Waals surface area (Å²) < 4.78 is 1.55. The third-order valence-electron chi connectivity index (χ3n) is 5.93. The number of amides is 3. The number of carbonyl (C=O) groups excluding carboxylic acids is 3. The van der Waals surface area contributed by atoms with E-state index in [1.807, 2.05) is 25.1 Å². The van der Waals surface area contributed by atoms with Gasteiger partial charge in [-0.25, -0.2) is 4.68 Å². The Labute approximate surface area is 190 Å². The Morgan fingerprint density at radius 3 is 2.62 bits per heavy atom. The first kappa shape index (κ1) is 21.7. The molecule has 2 heterocycles. The first-order valence-corrected chi connectivity index (χ1v) is 10.7. The molecule has 9 heteroatoms. The molecule has 1 fully saturated rings. The van der Waals surface area contributed by atoms with Crippen LogP contribution in [0.4, 0.5) is 5.69 Å². The molecule has 1 unspecified atom stereocenters. The molecular formula is C23H22ClN5O3. The first-order chi connectivity index (χ1) is 15.3. The molecule has 1 aliphatic rings. The molecule has 1 aromatic heterocycles. The Morgan fingerprint density at radius 2 is 1.97 bits per heavy atom. The van der Waals surface area contributed by atoms with Crippen molar-refractivity contribution in [3.05, 3.63) is 70.5 Å². The number of nitrogens with one attached hydrogen (secondary N) is 2. The second kappa shape index (κ2) is 8.55. The average molecular weight is 452 g/mol. The van der Waals surface area contributed by atoms with E-state index in [1.165, 1.54) is 0 Å². The Morgan fingerprint density at radius 1 is 1.22 bits per heavy atom. The zero-order valence-electron chi connectivity index (χ0n) is 17.7. The fourth-order valence-electron chi connectivity index (χ4n) is 4.02. The van der Waals surface area contributed by atoms with Crippen molar-refractivity contribution in [3.8, 4) is 5.69 Å². The van der Waals surface area contributed by atoms with Gasteiger partial charge in [0, 0.05) is 17.1 Å². The van der Waals surface area contributed by atoms with Crippen molar-refractivity contribution in [3.63, 3.8) is 0 Å². The van der Waals surface area contributed by atoms with Crippen LogP contribution in [-0.4, -0.2) is 32.7 Å². The van der Waals surface area contributed by atoms with Gasteiger partial charge >= 0.3 is 0 Å². The minimum absolute atomic E-state index is 0.198. The van der Waals surface area contributed by atoms with E-state index in [1.54, 1.807) is 41.9 Å². The van der Waals surface area contributed by atoms with Crippen molar-refractivity contribution < 1.29 is 14.4 Å². The number of hydrogen-bond acceptors (Lipinski definition) is 5. The Bertz CT molecular complexity index is 1200. The minimum Gasteiger partial charge on any atom is -0.321 e. The fourth-order valence-corrected chi connectivity index (χ4v) is 4.21. The third kappa shape index (κ3) is 3.89. The average Bonchev–Trinajstić information content (AvgIpc) is 3.16. The quantitative estimate of drug-likeness (QED) is 0.577. The number of rotatable bonds is 5. The molecule has 3 aromatic rings. The van der Waals surface area contributed by atoms with Gasteiger partial charge in [0.25, 0.3) is 5.91 Å². The number of imide groups is 1. The van der Waals surface area contributed by atoms with Crippen LogP contribution in [-0.2, 0) is 15.0 Å². The van der Waals surface area contributed by atoms with Gasteiger partial charge in [0.1, 0.15) is 0 Å². The zero-order valence-corrected chi connectivity index (χ0v) is 18.4. The van der Waals surface area contributed by atoms with Crippen LogP contribution in [0.1, 0.15) is 47.9 Å². The highest BCUT2D eigenvalue weighted by atomic mass is 35.5. The fraction of sp³-hybridized carbons (Fsp3) is 0.261. The van der Waals surface area contributed by atoms with Gasteiger partial charge in [0.2, 0.25) is 11.8 Å². The number of anilines is 1. The number of aromatic nitrogens is 3. The number of nitrogens with zero attached hydrogens (tertiary/aromatic N) is 3. The van der Waals surface area contributed by atoms with Crippen LogP contribution in [0.25, 0.3) is 5.69 Å². The van der Waals surface area contributed by atoms with Gasteiger partial charge in [-0.3, -0.25) is 19.7 Å². The van der Waals surface area contributed by atoms with Gasteiger partial charge in [-0.1, -0.05) is 41.9 Å². The summed E-state index contributed by atoms with van der Waals surface area (Å²) in [7, 11) is 0. The smallest absolute Gasteiger partial charge is 0.278 e. The van der Waals surface area contributed by atoms with Crippen molar-refractivity contribution in [2.24, 2.45) is 0 Å². The lowest BCUT2D eigenvalue weighted by molar-refractivity contribution is -0.138. The summed E-state index contributed by atoms with van der Waals surface area (Å²) in [5.74, 6) is -0.917. The number of piperidine rings is 1. The molecule has 1 atom stereocenters. The van der Waals surface area contributed by atoms with E-state index < -0.39 is 11.3 Å². The number of benzene rings is 2. The first-order valence-electron chi connectivity index (χ1n) is 10.3. The lowest BCUT2D eigenvalue weighted by Crippen LogP contribution is -2.51. The normalized spacial score (nSPS) is 18.3. The number of carbonyl (C=O) groups is 3. The molecule has 0 spiro atoms. The maximum atomic E-state index is 12.8. The summed E-state index contributed by atoms with van der Waals surface area (Å²) in [5, 5.41) is 13.9. The van der Waals surface area contributed by atoms with E-state index >= 15 is 0 Å². The molecule has 2 aromatic carbocycles. The molecule has 0 radical (unpaired) electrons. The molecule has 4 rings (SSSR count). The highest BCUT2D eigenvalue weighted by Gasteiger charge is 2.42. The summed E-state index contributed by atoms with van der Waals surface area (Å²) in [5.41, 5.74) is 2.12. The van der Waals surface area contributed by atoms with Gasteiger partial charge in [-0.15, -0.1) is 5.10 Å². The monoisotopic (exact) mass is 451 g/mol. The van der Waals surface area contributed by atoms with Crippen LogP contribution in [0, 0.1) is 6.92 Å². The highest BCUT2D eigenvalue weighted by molar-refractivity contribution is 6.30. The van der Waals surface area contributed by atoms with Crippen molar-refractivity contribution in [1.29, 1.82) is 0 Å². The molecule has 1 saturated heterocycles. The standard InChI is InChI=1S/C23H22ClN5O3/c1-3-23(12-11-19(30)26-22(23)32)15-7-9-17(10-8-15)25-21(31)20-14(2)29(28-27-20)18-6-4-5-16(24)13-18/h4-10,13H,3,11-12H2,1-2H3,(H,25,31)(H,26,30,32). The lowest BCUT2D eigenvalue weighted by atomic mass is 9.72. The topological polar surface area (TPSA) is 106 Å². The molecule has 1 aliphatic heterocycles. The summed E-state index contributed by atoms with van der Waals surface area (Å²) in [6.07, 6.45) is 1.34. The Hall–Kier alpha value is -3.52. The van der Waals surface area contributed by atoms with Gasteiger partial charge in [-0.2, -0.15) is 0 Å². The predicted octanol–water partition coefficient (Wildman–Crippen LogP) is 3.57. The van der Waals surface area contributed by atoms with E-state index in [0.29, 0.717) is 41.4 Å². The summed E-state index contributed by atoms with van der Waals surface area (Å²) in [6.45, 7) is 3.68. The molecule has 0 aliphatic carbocycles. The van der Waals surface area contributed by atoms with Gasteiger partial charge < -0.3 is 5.32 Å². The van der Waals surface area contributed by atoms with E-state index in [9.17, 15) is 14.4 Å². The minimum atomic E-state index is -0.743. The third-order valence-corrected chi connectivity index (χ3v) is 6.16. The van der Waals surface area contributed by atoms with Gasteiger partial charge in [0.05, 0.1) is 16.8 Å². The Balaban J connectivity index is 1.53. The molecule has 3 amide bonds. The molecule has 164 valence electrons. The van der Waals surface area contributed by atoms with Crippen LogP contribution < -0.4 is 10.6 Å². The van der Waals surface area contributed by atoms with Crippen LogP contribution in [0.3, 0.4) is 0 Å². The van der Waals surface area contributed by atoms with Crippen molar-refractivity contribution in [2.75, 3.05) is 5.32 Å². The van der Waals surface area contributed by atoms with E-state index in [4.69, 9.17) is 11.6 Å². The van der Waals surface area contributed by atoms with Crippen molar-refractivity contribution in [2.45, 2.75) is 38.5 Å². The largest absolute Gasteiger partial charge is 0.321 e. The summed E-state index contributed by atoms with van der Waals surface area (Å²) >= 11 is 6.05. The van der Waals surface area contributed by atoms with E-state index in [0.717, 1.165) is 5.56 Å². The van der Waals surface area contributed by atoms with Crippen LogP contribution in [0.2, 0.25) is 5.02 Å². The highest BCUT2D eigenvalue weighted by Crippen LogP contribution is 2.36. The summed E-state index contributed by atoms with van der Waals surface area (Å²) in [4.78, 5) is 36.9. The second-order valence-electron chi connectivity index (χ2n) is 7.76. The van der Waals surface area contributed by atoms with E-state index in [2.05, 4.69) is 20.9 Å². The SMILES string of the molecule is CCC1(c2ccc(NC(=O)c3nnn(-c4cccc(Cl)c4)c3C)cc2)CCC(=O)NC1=O. The summed E-state index contributed by atoms with van der Waals surface area (Å²) in [6, 6.07) is 14.2. The maximum Gasteiger partial charge on any atom is 0.278 e. The second-order valence-corrected chi connectivity index (χ2v) is 8.20. The zero-order chi connectivity index (χ0) is 22.9. The molecule has 2 N–H and O–H groups in total. The molecule has 8 nitrogen and oxygen atoms in total. The van der Waals surface area contributed by atoms with Crippen molar-refractivity contribution >= 4 is 35.0 Å². The maximum absolute atomic E-state index is 12.8. The van der Waals surface area contributed by atoms with Crippen LogP contribution in [0.5, 0.6) is 0 Å².